The molecule has 1 heterocycles. The maximum Gasteiger partial charge on any atom is 0.330 e. The number of carboxylic acid groups (broad SMARTS) is 1. The van der Waals surface area contributed by atoms with Gasteiger partial charge in [0.05, 0.1) is 22.9 Å². The predicted octanol–water partition coefficient (Wildman–Crippen LogP) is 1.87. The van der Waals surface area contributed by atoms with Crippen LogP contribution in [0.1, 0.15) is 61.9 Å². The van der Waals surface area contributed by atoms with Gasteiger partial charge in [-0.25, -0.2) is 4.79 Å². The van der Waals surface area contributed by atoms with Gasteiger partial charge in [0.2, 0.25) is 0 Å². The average molecular weight is 503 g/mol. The van der Waals surface area contributed by atoms with Crippen molar-refractivity contribution in [2.24, 2.45) is 16.8 Å². The van der Waals surface area contributed by atoms with Crippen LogP contribution in [0.4, 0.5) is 10.0 Å². The smallest absolute Gasteiger partial charge is 0.330 e. The Morgan fingerprint density at radius 2 is 2.03 bits per heavy atom. The topological polar surface area (TPSA) is 180 Å². The fourth-order valence-corrected chi connectivity index (χ4v) is 5.50. The fraction of sp³-hybridized carbons (Fsp3) is 0.650. The molecule has 1 saturated carbocycles. The molecule has 0 aliphatic heterocycles. The number of thiophene rings is 1. The molecule has 0 saturated heterocycles. The van der Waals surface area contributed by atoms with Gasteiger partial charge in [-0.1, -0.05) is 24.2 Å². The molecule has 3 atom stereocenters. The van der Waals surface area contributed by atoms with Gasteiger partial charge < -0.3 is 25.8 Å². The Morgan fingerprint density at radius 1 is 1.36 bits per heavy atom. The third-order valence-corrected chi connectivity index (χ3v) is 7.83. The van der Waals surface area contributed by atoms with Gasteiger partial charge in [0.25, 0.3) is 5.91 Å². The zero-order chi connectivity index (χ0) is 24.8. The van der Waals surface area contributed by atoms with Crippen LogP contribution >= 0.6 is 11.3 Å². The van der Waals surface area contributed by atoms with Crippen LogP contribution in [-0.2, 0) is 16.1 Å². The summed E-state index contributed by atoms with van der Waals surface area (Å²) in [5, 5.41) is 27.7. The lowest BCUT2D eigenvalue weighted by Crippen LogP contribution is -2.53. The summed E-state index contributed by atoms with van der Waals surface area (Å²) in [4.78, 5) is 25.0. The molecule has 0 radical (unpaired) electrons. The third kappa shape index (κ3) is 6.51. The Kier molecular flexibility index (Phi) is 9.79. The van der Waals surface area contributed by atoms with E-state index in [1.165, 1.54) is 17.6 Å². The number of nitrogens with zero attached hydrogens (tertiary/aromatic N) is 2. The predicted molar refractivity (Wildman–Crippen MR) is 128 cm³/mol. The summed E-state index contributed by atoms with van der Waals surface area (Å²) in [6, 6.07) is 0. The summed E-state index contributed by atoms with van der Waals surface area (Å²) in [7, 11) is 0. The molecular formula is C20H32N5O6S2-. The Labute approximate surface area is 199 Å². The molecule has 0 aromatic carbocycles. The number of hydrogen-bond acceptors (Lipinski definition) is 10. The molecule has 0 bridgehead atoms. The second-order valence-corrected chi connectivity index (χ2v) is 10.2. The Balaban J connectivity index is 2.36. The summed E-state index contributed by atoms with van der Waals surface area (Å²) in [5.41, 5.74) is 6.68. The lowest BCUT2D eigenvalue weighted by Gasteiger charge is -2.36. The van der Waals surface area contributed by atoms with Gasteiger partial charge in [0.1, 0.15) is 15.5 Å². The molecule has 13 heteroatoms. The monoisotopic (exact) mass is 502 g/mol. The summed E-state index contributed by atoms with van der Waals surface area (Å²) in [5.74, 6) is -2.27. The van der Waals surface area contributed by atoms with E-state index in [4.69, 9.17) is 5.73 Å². The zero-order valence-corrected chi connectivity index (χ0v) is 20.6. The number of hydrazone groups is 1. The quantitative estimate of drug-likeness (QED) is 0.171. The van der Waals surface area contributed by atoms with Crippen molar-refractivity contribution in [1.82, 2.24) is 4.31 Å². The second kappa shape index (κ2) is 11.9. The van der Waals surface area contributed by atoms with Crippen molar-refractivity contribution in [2.45, 2.75) is 64.5 Å². The summed E-state index contributed by atoms with van der Waals surface area (Å²) in [6.45, 7) is 4.57. The van der Waals surface area contributed by atoms with Crippen molar-refractivity contribution in [3.8, 4) is 0 Å². The van der Waals surface area contributed by atoms with Crippen LogP contribution < -0.4 is 16.5 Å². The molecule has 11 nitrogen and oxygen atoms in total. The van der Waals surface area contributed by atoms with E-state index in [-0.39, 0.29) is 24.1 Å². The molecule has 186 valence electrons. The standard InChI is InChI=1S/C20H33N5O6S2/c1-12-15(18(27)25(33(30)31)20(2,3)19(28)29)17(32-16(12)24-23-11-9-21)22-10-8-13-6-4-5-7-14(13)26/h11,13-14,22,24,26H,4-10,21H2,1-3H3,(H,28,29)(H,30,31)/p-1/b23-11-. The highest BCUT2D eigenvalue weighted by atomic mass is 32.2. The van der Waals surface area contributed by atoms with Crippen LogP contribution in [-0.4, -0.2) is 66.1 Å². The third-order valence-electron chi connectivity index (χ3n) is 5.76. The lowest BCUT2D eigenvalue weighted by molar-refractivity contribution is -0.145. The molecule has 33 heavy (non-hydrogen) atoms. The minimum Gasteiger partial charge on any atom is -0.755 e. The number of carbonyl (C=O) groups is 2. The Bertz CT molecular complexity index is 904. The van der Waals surface area contributed by atoms with Gasteiger partial charge >= 0.3 is 5.97 Å². The largest absolute Gasteiger partial charge is 0.755 e. The summed E-state index contributed by atoms with van der Waals surface area (Å²) >= 11 is -1.96. The number of anilines is 2. The van der Waals surface area contributed by atoms with E-state index in [1.807, 2.05) is 0 Å². The van der Waals surface area contributed by atoms with Crippen molar-refractivity contribution in [2.75, 3.05) is 23.8 Å². The van der Waals surface area contributed by atoms with Crippen LogP contribution in [0.25, 0.3) is 0 Å². The molecule has 2 rings (SSSR count). The van der Waals surface area contributed by atoms with Crippen molar-refractivity contribution >= 4 is 50.7 Å². The highest BCUT2D eigenvalue weighted by Gasteiger charge is 2.41. The summed E-state index contributed by atoms with van der Waals surface area (Å²) < 4.78 is 24.1. The minimum atomic E-state index is -3.12. The lowest BCUT2D eigenvalue weighted by atomic mass is 9.84. The first-order chi connectivity index (χ1) is 15.5. The second-order valence-electron chi connectivity index (χ2n) is 8.43. The molecule has 1 aromatic rings. The van der Waals surface area contributed by atoms with E-state index in [0.717, 1.165) is 39.5 Å². The van der Waals surface area contributed by atoms with Crippen LogP contribution in [0.5, 0.6) is 0 Å². The van der Waals surface area contributed by atoms with Crippen LogP contribution in [0.2, 0.25) is 0 Å². The number of amides is 1. The number of rotatable bonds is 11. The molecule has 1 aliphatic rings. The molecular weight excluding hydrogens is 470 g/mol. The van der Waals surface area contributed by atoms with E-state index < -0.39 is 28.7 Å². The number of nitrogens with one attached hydrogen (secondary N) is 2. The number of aliphatic hydroxyl groups excluding tert-OH is 1. The maximum atomic E-state index is 13.3. The molecule has 3 unspecified atom stereocenters. The number of nitrogens with two attached hydrogens (primary N) is 1. The Morgan fingerprint density at radius 3 is 2.61 bits per heavy atom. The molecule has 1 aliphatic carbocycles. The van der Waals surface area contributed by atoms with Gasteiger partial charge in [-0.05, 0) is 46.0 Å². The van der Waals surface area contributed by atoms with E-state index in [1.54, 1.807) is 6.92 Å². The Hall–Kier alpha value is -2.06. The maximum absolute atomic E-state index is 13.3. The number of hydrogen-bond donors (Lipinski definition) is 5. The van der Waals surface area contributed by atoms with Gasteiger partial charge in [0, 0.05) is 24.9 Å². The number of carbonyl (C=O) groups excluding carboxylic acids is 1. The number of aliphatic hydroxyl groups is 1. The van der Waals surface area contributed by atoms with Crippen molar-refractivity contribution in [1.29, 1.82) is 0 Å². The van der Waals surface area contributed by atoms with E-state index in [0.29, 0.717) is 32.8 Å². The molecule has 1 fully saturated rings. The van der Waals surface area contributed by atoms with Gasteiger partial charge in [0.15, 0.2) is 0 Å². The van der Waals surface area contributed by atoms with Gasteiger partial charge in [-0.15, -0.1) is 0 Å². The summed E-state index contributed by atoms with van der Waals surface area (Å²) in [6.07, 6.45) is 5.52. The van der Waals surface area contributed by atoms with Gasteiger partial charge in [-0.2, -0.15) is 5.10 Å². The van der Waals surface area contributed by atoms with E-state index in [2.05, 4.69) is 15.8 Å². The number of carboxylic acids is 1. The van der Waals surface area contributed by atoms with Crippen LogP contribution in [0.3, 0.4) is 0 Å². The van der Waals surface area contributed by atoms with Crippen molar-refractivity contribution in [3.63, 3.8) is 0 Å². The van der Waals surface area contributed by atoms with Gasteiger partial charge in [-0.3, -0.25) is 18.7 Å². The zero-order valence-electron chi connectivity index (χ0n) is 19.0. The highest BCUT2D eigenvalue weighted by Crippen LogP contribution is 2.39. The molecule has 6 N–H and O–H groups in total. The van der Waals surface area contributed by atoms with E-state index >= 15 is 0 Å². The number of aliphatic carboxylic acids is 1. The first-order valence-corrected chi connectivity index (χ1v) is 12.6. The SMILES string of the molecule is Cc1c(N/N=C\CN)sc(NCCC2CCCCC2O)c1C(=O)N(S(=O)[O-])C(C)(C)C(=O)O. The van der Waals surface area contributed by atoms with Crippen LogP contribution in [0, 0.1) is 12.8 Å². The van der Waals surface area contributed by atoms with Crippen molar-refractivity contribution in [3.05, 3.63) is 11.1 Å². The first kappa shape index (κ1) is 27.2. The first-order valence-electron chi connectivity index (χ1n) is 10.7. The van der Waals surface area contributed by atoms with E-state index in [9.17, 15) is 28.6 Å². The molecule has 0 spiro atoms. The fourth-order valence-electron chi connectivity index (χ4n) is 3.75. The highest BCUT2D eigenvalue weighted by molar-refractivity contribution is 7.77. The molecule has 1 aromatic heterocycles. The average Bonchev–Trinajstić information content (AvgIpc) is 3.04. The van der Waals surface area contributed by atoms with Crippen LogP contribution in [0.15, 0.2) is 5.10 Å². The van der Waals surface area contributed by atoms with Crippen molar-refractivity contribution < 1.29 is 28.6 Å². The minimum absolute atomic E-state index is 0.0492. The normalized spacial score (nSPS) is 19.9. The molecule has 1 amide bonds.